The Bertz CT molecular complexity index is 1300. The van der Waals surface area contributed by atoms with E-state index >= 15 is 0 Å². The zero-order valence-corrected chi connectivity index (χ0v) is 17.6. The van der Waals surface area contributed by atoms with Crippen LogP contribution in [0.4, 0.5) is 0 Å². The molecule has 8 heteroatoms. The molecule has 2 aromatic carbocycles. The molecule has 5 rings (SSSR count). The highest BCUT2D eigenvalue weighted by molar-refractivity contribution is 7.99. The lowest BCUT2D eigenvalue weighted by molar-refractivity contribution is 0.465. The summed E-state index contributed by atoms with van der Waals surface area (Å²) in [5.74, 6) is 0.487. The van der Waals surface area contributed by atoms with E-state index in [1.54, 1.807) is 17.7 Å². The molecule has 0 N–H and O–H groups in total. The summed E-state index contributed by atoms with van der Waals surface area (Å²) in [6.45, 7) is 2.04. The van der Waals surface area contributed by atoms with Gasteiger partial charge in [-0.05, 0) is 48.5 Å². The molecular formula is C21H13ClN4OS2. The first-order valence-corrected chi connectivity index (χ1v) is 10.8. The van der Waals surface area contributed by atoms with Crippen molar-refractivity contribution >= 4 is 44.9 Å². The number of aromatic nitrogens is 4. The van der Waals surface area contributed by atoms with Gasteiger partial charge in [-0.2, -0.15) is 0 Å². The summed E-state index contributed by atoms with van der Waals surface area (Å²) in [6.07, 6.45) is 1.56. The normalized spacial score (nSPS) is 11.2. The molecule has 142 valence electrons. The van der Waals surface area contributed by atoms with E-state index in [9.17, 15) is 0 Å². The van der Waals surface area contributed by atoms with Crippen molar-refractivity contribution in [1.82, 2.24) is 20.2 Å². The van der Waals surface area contributed by atoms with Crippen molar-refractivity contribution < 1.29 is 4.42 Å². The van der Waals surface area contributed by atoms with Crippen LogP contribution in [0.3, 0.4) is 0 Å². The average Bonchev–Trinajstić information content (AvgIpc) is 3.37. The molecule has 5 nitrogen and oxygen atoms in total. The van der Waals surface area contributed by atoms with Crippen LogP contribution >= 0.6 is 34.7 Å². The molecule has 0 aliphatic heterocycles. The van der Waals surface area contributed by atoms with Gasteiger partial charge in [0.1, 0.15) is 16.2 Å². The zero-order chi connectivity index (χ0) is 19.8. The average molecular weight is 437 g/mol. The van der Waals surface area contributed by atoms with Gasteiger partial charge in [0.05, 0.1) is 5.39 Å². The Hall–Kier alpha value is -2.74. The first kappa shape index (κ1) is 18.3. The third-order valence-corrected chi connectivity index (χ3v) is 6.36. The van der Waals surface area contributed by atoms with Crippen molar-refractivity contribution in [3.05, 3.63) is 70.8 Å². The maximum atomic E-state index is 6.04. The molecule has 0 fully saturated rings. The summed E-state index contributed by atoms with van der Waals surface area (Å²) in [5.41, 5.74) is 4.19. The van der Waals surface area contributed by atoms with Gasteiger partial charge in [0, 0.05) is 21.5 Å². The third kappa shape index (κ3) is 3.64. The van der Waals surface area contributed by atoms with Crippen LogP contribution in [0.1, 0.15) is 5.56 Å². The Balaban J connectivity index is 1.52. The van der Waals surface area contributed by atoms with Gasteiger partial charge in [0.25, 0.3) is 5.22 Å². The smallest absolute Gasteiger partial charge is 0.283 e. The molecule has 0 saturated carbocycles. The predicted octanol–water partition coefficient (Wildman–Crippen LogP) is 6.52. The number of aryl methyl sites for hydroxylation is 1. The summed E-state index contributed by atoms with van der Waals surface area (Å²) in [7, 11) is 0. The van der Waals surface area contributed by atoms with Gasteiger partial charge in [-0.1, -0.05) is 41.4 Å². The topological polar surface area (TPSA) is 64.7 Å². The van der Waals surface area contributed by atoms with E-state index in [1.807, 2.05) is 55.5 Å². The van der Waals surface area contributed by atoms with Crippen molar-refractivity contribution in [3.63, 3.8) is 0 Å². The van der Waals surface area contributed by atoms with Crippen LogP contribution in [0.15, 0.2) is 74.9 Å². The monoisotopic (exact) mass is 436 g/mol. The fraction of sp³-hybridized carbons (Fsp3) is 0.0476. The number of fused-ring (bicyclic) bond motifs is 1. The lowest BCUT2D eigenvalue weighted by atomic mass is 10.1. The largest absolute Gasteiger partial charge is 0.411 e. The minimum Gasteiger partial charge on any atom is -0.411 e. The van der Waals surface area contributed by atoms with Crippen molar-refractivity contribution in [2.75, 3.05) is 0 Å². The number of halogens is 1. The molecule has 0 aliphatic carbocycles. The van der Waals surface area contributed by atoms with Gasteiger partial charge in [-0.25, -0.2) is 9.97 Å². The second kappa shape index (κ2) is 7.59. The van der Waals surface area contributed by atoms with Gasteiger partial charge in [0.2, 0.25) is 5.89 Å². The summed E-state index contributed by atoms with van der Waals surface area (Å²) < 4.78 is 5.87. The molecule has 0 aliphatic rings. The van der Waals surface area contributed by atoms with Crippen LogP contribution in [0.5, 0.6) is 0 Å². The Morgan fingerprint density at radius 1 is 0.931 bits per heavy atom. The highest BCUT2D eigenvalue weighted by Crippen LogP contribution is 2.40. The first-order chi connectivity index (χ1) is 14.2. The second-order valence-corrected chi connectivity index (χ2v) is 8.59. The van der Waals surface area contributed by atoms with E-state index in [4.69, 9.17) is 16.0 Å². The maximum absolute atomic E-state index is 6.04. The molecule has 0 unspecified atom stereocenters. The van der Waals surface area contributed by atoms with Gasteiger partial charge >= 0.3 is 0 Å². The molecule has 3 aromatic heterocycles. The van der Waals surface area contributed by atoms with E-state index in [2.05, 4.69) is 25.5 Å². The van der Waals surface area contributed by atoms with Crippen molar-refractivity contribution in [2.45, 2.75) is 17.2 Å². The van der Waals surface area contributed by atoms with Crippen LogP contribution in [0.25, 0.3) is 32.8 Å². The fourth-order valence-electron chi connectivity index (χ4n) is 2.91. The number of thiophene rings is 1. The Morgan fingerprint density at radius 3 is 2.48 bits per heavy atom. The Morgan fingerprint density at radius 2 is 1.69 bits per heavy atom. The summed E-state index contributed by atoms with van der Waals surface area (Å²) >= 11 is 8.96. The van der Waals surface area contributed by atoms with Gasteiger partial charge < -0.3 is 4.42 Å². The second-order valence-electron chi connectivity index (χ2n) is 6.36. The molecular weight excluding hydrogens is 424 g/mol. The highest BCUT2D eigenvalue weighted by Gasteiger charge is 2.17. The Kier molecular flexibility index (Phi) is 4.79. The summed E-state index contributed by atoms with van der Waals surface area (Å²) in [4.78, 5) is 9.79. The van der Waals surface area contributed by atoms with Gasteiger partial charge in [-0.15, -0.1) is 21.5 Å². The molecule has 0 spiro atoms. The van der Waals surface area contributed by atoms with Crippen LogP contribution in [0, 0.1) is 6.92 Å². The van der Waals surface area contributed by atoms with Crippen molar-refractivity contribution in [1.29, 1.82) is 0 Å². The van der Waals surface area contributed by atoms with Gasteiger partial charge in [-0.3, -0.25) is 0 Å². The third-order valence-electron chi connectivity index (χ3n) is 4.38. The minimum absolute atomic E-state index is 0.439. The number of nitrogens with zero attached hydrogens (tertiary/aromatic N) is 4. The molecule has 0 saturated heterocycles. The summed E-state index contributed by atoms with van der Waals surface area (Å²) in [5, 5.41) is 13.3. The lowest BCUT2D eigenvalue weighted by Crippen LogP contribution is -1.86. The molecule has 3 heterocycles. The maximum Gasteiger partial charge on any atom is 0.283 e. The lowest BCUT2D eigenvalue weighted by Gasteiger charge is -2.03. The van der Waals surface area contributed by atoms with Crippen LogP contribution in [-0.4, -0.2) is 20.2 Å². The van der Waals surface area contributed by atoms with Crippen LogP contribution in [0.2, 0.25) is 5.02 Å². The van der Waals surface area contributed by atoms with E-state index < -0.39 is 0 Å². The Labute approximate surface area is 179 Å². The highest BCUT2D eigenvalue weighted by atomic mass is 35.5. The molecule has 0 bridgehead atoms. The SMILES string of the molecule is Cc1ccc(-c2nnc(Sc3ncnc4scc(-c5ccc(Cl)cc5)c34)o2)cc1. The minimum atomic E-state index is 0.439. The van der Waals surface area contributed by atoms with Crippen molar-refractivity contribution in [3.8, 4) is 22.6 Å². The quantitative estimate of drug-likeness (QED) is 0.299. The van der Waals surface area contributed by atoms with E-state index in [0.717, 1.165) is 31.9 Å². The number of benzene rings is 2. The molecule has 0 amide bonds. The van der Waals surface area contributed by atoms with Crippen molar-refractivity contribution in [2.24, 2.45) is 0 Å². The van der Waals surface area contributed by atoms with E-state index in [-0.39, 0.29) is 0 Å². The molecule has 0 radical (unpaired) electrons. The number of hydrogen-bond donors (Lipinski definition) is 0. The van der Waals surface area contributed by atoms with Gasteiger partial charge in [0.15, 0.2) is 0 Å². The predicted molar refractivity (Wildman–Crippen MR) is 116 cm³/mol. The molecule has 29 heavy (non-hydrogen) atoms. The van der Waals surface area contributed by atoms with E-state index in [0.29, 0.717) is 16.1 Å². The van der Waals surface area contributed by atoms with Crippen LogP contribution < -0.4 is 0 Å². The first-order valence-electron chi connectivity index (χ1n) is 8.74. The zero-order valence-electron chi connectivity index (χ0n) is 15.2. The van der Waals surface area contributed by atoms with E-state index in [1.165, 1.54) is 17.3 Å². The summed E-state index contributed by atoms with van der Waals surface area (Å²) in [6, 6.07) is 15.7. The van der Waals surface area contributed by atoms with Crippen LogP contribution in [-0.2, 0) is 0 Å². The number of hydrogen-bond acceptors (Lipinski definition) is 7. The fourth-order valence-corrected chi connectivity index (χ4v) is 4.80. The molecule has 0 atom stereocenters. The standard InChI is InChI=1S/C21H13ClN4OS2/c1-12-2-4-14(5-3-12)18-25-26-21(27-18)29-20-17-16(10-28-19(17)23-11-24-20)13-6-8-15(22)9-7-13/h2-11H,1H3. The number of rotatable bonds is 4. The molecule has 5 aromatic rings.